The van der Waals surface area contributed by atoms with Gasteiger partial charge in [0.15, 0.2) is 0 Å². The van der Waals surface area contributed by atoms with Gasteiger partial charge in [-0.25, -0.2) is 14.8 Å². The highest BCUT2D eigenvalue weighted by atomic mass is 32.3. The molecule has 2 saturated carbocycles. The van der Waals surface area contributed by atoms with Crippen molar-refractivity contribution in [2.75, 3.05) is 25.7 Å². The maximum atomic E-state index is 14.2. The van der Waals surface area contributed by atoms with Crippen LogP contribution in [0.25, 0.3) is 5.57 Å². The lowest BCUT2D eigenvalue weighted by Gasteiger charge is -2.72. The minimum Gasteiger partial charge on any atom is -0.497 e. The minimum absolute atomic E-state index is 0.0176. The van der Waals surface area contributed by atoms with Gasteiger partial charge in [0, 0.05) is 11.8 Å². The molecule has 4 fully saturated rings. The maximum Gasteiger partial charge on any atom is 0.335 e. The van der Waals surface area contributed by atoms with E-state index in [1.165, 1.54) is 61.0 Å². The summed E-state index contributed by atoms with van der Waals surface area (Å²) in [5, 5.41) is 14.2. The highest BCUT2D eigenvalue weighted by molar-refractivity contribution is 8.34. The number of methoxy groups -OCH3 is 1. The van der Waals surface area contributed by atoms with Crippen LogP contribution in [0.1, 0.15) is 107 Å². The number of benzene rings is 2. The van der Waals surface area contributed by atoms with Gasteiger partial charge in [-0.1, -0.05) is 64.5 Å². The van der Waals surface area contributed by atoms with Crippen molar-refractivity contribution in [3.05, 3.63) is 71.3 Å². The molecule has 48 heavy (non-hydrogen) atoms. The molecule has 0 radical (unpaired) electrons. The fourth-order valence-electron chi connectivity index (χ4n) is 12.8. The van der Waals surface area contributed by atoms with Crippen LogP contribution in [0, 0.1) is 33.5 Å². The van der Waals surface area contributed by atoms with E-state index < -0.39 is 16.0 Å². The molecule has 0 spiro atoms. The van der Waals surface area contributed by atoms with Gasteiger partial charge in [-0.15, -0.1) is 0 Å². The SMILES string of the molecule is COc1ccc(CCNC(=O)[C@]23CCCC2S2(C)CCC4[C@@]5(C)CC=C(c6ccc(C(=O)O)cc6)C(C)(C)C5CC[C@@]4(C)C2CC3)cc1. The number of allylic oxidation sites excluding steroid dienone is 2. The molecule has 0 aromatic heterocycles. The van der Waals surface area contributed by atoms with Crippen LogP contribution in [0.2, 0.25) is 0 Å². The van der Waals surface area contributed by atoms with Crippen molar-refractivity contribution in [1.29, 1.82) is 0 Å². The third-order valence-corrected chi connectivity index (χ3v) is 20.0. The van der Waals surface area contributed by atoms with Crippen molar-refractivity contribution < 1.29 is 19.4 Å². The van der Waals surface area contributed by atoms with Crippen LogP contribution in [0.4, 0.5) is 0 Å². The molecule has 2 N–H and O–H groups in total. The lowest BCUT2D eigenvalue weighted by atomic mass is 9.42. The summed E-state index contributed by atoms with van der Waals surface area (Å²) in [4.78, 5) is 25.7. The number of carboxylic acids is 1. The number of hydrogen-bond acceptors (Lipinski definition) is 3. The monoisotopic (exact) mass is 671 g/mol. The first-order valence-corrected chi connectivity index (χ1v) is 20.8. The second-order valence-electron chi connectivity index (χ2n) is 17.2. The van der Waals surface area contributed by atoms with Gasteiger partial charge in [-0.2, -0.15) is 0 Å². The minimum atomic E-state index is -0.973. The molecule has 6 heteroatoms. The Labute approximate surface area is 290 Å². The smallest absolute Gasteiger partial charge is 0.335 e. The van der Waals surface area contributed by atoms with Gasteiger partial charge in [-0.05, 0) is 144 Å². The van der Waals surface area contributed by atoms with E-state index >= 15 is 0 Å². The Balaban J connectivity index is 1.10. The van der Waals surface area contributed by atoms with Crippen LogP contribution in [0.3, 0.4) is 0 Å². The van der Waals surface area contributed by atoms with E-state index in [4.69, 9.17) is 4.74 Å². The van der Waals surface area contributed by atoms with Crippen LogP contribution < -0.4 is 10.1 Å². The Morgan fingerprint density at radius 3 is 2.29 bits per heavy atom. The molecule has 5 aliphatic rings. The average Bonchev–Trinajstić information content (AvgIpc) is 3.52. The number of nitrogens with one attached hydrogen (secondary N) is 1. The molecule has 7 rings (SSSR count). The fourth-order valence-corrected chi connectivity index (χ4v) is 18.7. The van der Waals surface area contributed by atoms with E-state index in [-0.39, 0.29) is 16.2 Å². The largest absolute Gasteiger partial charge is 0.497 e. The van der Waals surface area contributed by atoms with Crippen molar-refractivity contribution in [2.45, 2.75) is 102 Å². The molecular weight excluding hydrogens is 615 g/mol. The first kappa shape index (κ1) is 33.8. The second-order valence-corrected chi connectivity index (χ2v) is 21.2. The van der Waals surface area contributed by atoms with Gasteiger partial charge < -0.3 is 15.2 Å². The van der Waals surface area contributed by atoms with E-state index in [0.717, 1.165) is 36.7 Å². The standard InChI is InChI=1S/C42H57NO4S/c1-39(2)32(29-11-13-30(14-12-29)37(44)45)17-23-40(3)33(39)18-24-41(4)34(40)21-27-48(6)35(41)19-25-42(22-7-8-36(42)48)38(46)43-26-20-28-9-15-31(47-5)16-10-28/h9-17,33-36H,7-8,18-27H2,1-6H3,(H,43,46)(H,44,45)/t33?,34?,35?,36?,40-,41+,42-/m0/s1. The zero-order valence-corrected chi connectivity index (χ0v) is 30.9. The van der Waals surface area contributed by atoms with Crippen molar-refractivity contribution in [3.63, 3.8) is 0 Å². The number of aromatic carboxylic acids is 1. The van der Waals surface area contributed by atoms with Crippen LogP contribution in [0.15, 0.2) is 54.6 Å². The highest BCUT2D eigenvalue weighted by Gasteiger charge is 2.68. The molecule has 2 heterocycles. The third kappa shape index (κ3) is 5.01. The molecule has 3 aliphatic carbocycles. The molecule has 260 valence electrons. The predicted octanol–water partition coefficient (Wildman–Crippen LogP) is 9.14. The molecule has 2 aromatic rings. The van der Waals surface area contributed by atoms with E-state index in [2.05, 4.69) is 57.5 Å². The number of carboxylic acid groups (broad SMARTS) is 1. The Morgan fingerprint density at radius 2 is 1.60 bits per heavy atom. The number of amides is 1. The predicted molar refractivity (Wildman–Crippen MR) is 198 cm³/mol. The van der Waals surface area contributed by atoms with Gasteiger partial charge in [0.2, 0.25) is 5.91 Å². The normalized spacial score (nSPS) is 39.3. The molecule has 0 bridgehead atoms. The van der Waals surface area contributed by atoms with E-state index in [1.54, 1.807) is 19.2 Å². The lowest BCUT2D eigenvalue weighted by molar-refractivity contribution is -0.132. The maximum absolute atomic E-state index is 14.2. The van der Waals surface area contributed by atoms with Gasteiger partial charge in [-0.3, -0.25) is 4.79 Å². The number of carbonyl (C=O) groups is 2. The topological polar surface area (TPSA) is 75.6 Å². The lowest BCUT2D eigenvalue weighted by Crippen LogP contribution is -2.64. The summed E-state index contributed by atoms with van der Waals surface area (Å²) in [5.41, 5.74) is 4.55. The van der Waals surface area contributed by atoms with Crippen LogP contribution in [-0.4, -0.2) is 53.1 Å². The molecule has 8 atom stereocenters. The molecule has 2 aromatic carbocycles. The Morgan fingerprint density at radius 1 is 0.875 bits per heavy atom. The summed E-state index contributed by atoms with van der Waals surface area (Å²) in [7, 11) is 0.720. The van der Waals surface area contributed by atoms with E-state index in [0.29, 0.717) is 40.5 Å². The number of ether oxygens (including phenoxy) is 1. The summed E-state index contributed by atoms with van der Waals surface area (Å²) in [6.45, 7) is 10.9. The summed E-state index contributed by atoms with van der Waals surface area (Å²) in [6, 6.07) is 15.8. The molecular formula is C42H57NO4S. The number of carbonyl (C=O) groups excluding carboxylic acids is 1. The molecule has 1 amide bonds. The van der Waals surface area contributed by atoms with E-state index in [1.807, 2.05) is 24.3 Å². The fraction of sp³-hybridized carbons (Fsp3) is 0.619. The van der Waals surface area contributed by atoms with E-state index in [9.17, 15) is 14.7 Å². The van der Waals surface area contributed by atoms with Crippen LogP contribution in [0.5, 0.6) is 5.75 Å². The quantitative estimate of drug-likeness (QED) is 0.308. The van der Waals surface area contributed by atoms with Gasteiger partial charge >= 0.3 is 5.97 Å². The highest BCUT2D eigenvalue weighted by Crippen LogP contribution is 2.80. The second kappa shape index (κ2) is 12.0. The van der Waals surface area contributed by atoms with Gasteiger partial charge in [0.25, 0.3) is 0 Å². The Kier molecular flexibility index (Phi) is 8.41. The summed E-state index contributed by atoms with van der Waals surface area (Å²) >= 11 is 0. The molecule has 5 unspecified atom stereocenters. The van der Waals surface area contributed by atoms with Crippen molar-refractivity contribution in [2.24, 2.45) is 33.5 Å². The van der Waals surface area contributed by atoms with Gasteiger partial charge in [0.05, 0.1) is 18.1 Å². The molecule has 5 nitrogen and oxygen atoms in total. The number of hydrogen-bond donors (Lipinski definition) is 2. The first-order chi connectivity index (χ1) is 22.8. The molecule has 2 aliphatic heterocycles. The third-order valence-electron chi connectivity index (χ3n) is 14.9. The summed E-state index contributed by atoms with van der Waals surface area (Å²) < 4.78 is 5.32. The van der Waals surface area contributed by atoms with Gasteiger partial charge in [0.1, 0.15) is 5.75 Å². The average molecular weight is 672 g/mol. The van der Waals surface area contributed by atoms with Crippen molar-refractivity contribution in [3.8, 4) is 5.75 Å². The number of fused-ring (bicyclic) bond motifs is 7. The molecule has 2 saturated heterocycles. The first-order valence-electron chi connectivity index (χ1n) is 18.5. The number of rotatable bonds is 7. The summed E-state index contributed by atoms with van der Waals surface area (Å²) in [5.74, 6) is 2.94. The zero-order chi connectivity index (χ0) is 34.1. The van der Waals surface area contributed by atoms with Crippen LogP contribution in [-0.2, 0) is 11.2 Å². The Hall–Kier alpha value is -2.73. The summed E-state index contributed by atoms with van der Waals surface area (Å²) in [6.07, 6.45) is 16.7. The van der Waals surface area contributed by atoms with Crippen molar-refractivity contribution >= 4 is 27.5 Å². The Bertz CT molecular complexity index is 1600. The van der Waals surface area contributed by atoms with Crippen LogP contribution >= 0.6 is 10.0 Å². The zero-order valence-electron chi connectivity index (χ0n) is 30.1. The van der Waals surface area contributed by atoms with Crippen molar-refractivity contribution in [1.82, 2.24) is 5.32 Å².